The topological polar surface area (TPSA) is 79.7 Å². The van der Waals surface area contributed by atoms with Crippen molar-refractivity contribution in [2.24, 2.45) is 0 Å². The van der Waals surface area contributed by atoms with Crippen molar-refractivity contribution in [1.29, 1.82) is 0 Å². The zero-order valence-corrected chi connectivity index (χ0v) is 16.2. The molecule has 0 aliphatic carbocycles. The molecule has 0 radical (unpaired) electrons. The molecule has 1 fully saturated rings. The average molecular weight is 398 g/mol. The molecule has 0 unspecified atom stereocenters. The molecule has 0 spiro atoms. The molecule has 1 atom stereocenters. The Kier molecular flexibility index (Phi) is 4.95. The van der Waals surface area contributed by atoms with Crippen molar-refractivity contribution in [2.75, 3.05) is 20.8 Å². The van der Waals surface area contributed by atoms with E-state index in [0.29, 0.717) is 46.3 Å². The first-order valence-electron chi connectivity index (χ1n) is 8.70. The second kappa shape index (κ2) is 7.55. The lowest BCUT2D eigenvalue weighted by Gasteiger charge is -2.16. The lowest BCUT2D eigenvalue weighted by atomic mass is 10.2. The predicted octanol–water partition coefficient (Wildman–Crippen LogP) is 2.81. The monoisotopic (exact) mass is 398 g/mol. The predicted molar refractivity (Wildman–Crippen MR) is 106 cm³/mol. The number of carbonyl (C=O) groups is 1. The number of carbonyl (C=O) groups excluding carboxylic acids is 1. The fraction of sp³-hybridized carbons (Fsp3) is 0.250. The van der Waals surface area contributed by atoms with E-state index in [2.05, 4.69) is 4.98 Å². The van der Waals surface area contributed by atoms with Gasteiger partial charge in [-0.05, 0) is 24.3 Å². The number of aromatic nitrogens is 2. The smallest absolute Gasteiger partial charge is 0.319 e. The summed E-state index contributed by atoms with van der Waals surface area (Å²) < 4.78 is 17.2. The summed E-state index contributed by atoms with van der Waals surface area (Å²) in [5.41, 5.74) is 0.944. The number of hydrogen-bond donors (Lipinski definition) is 0. The van der Waals surface area contributed by atoms with Gasteiger partial charge in [0.05, 0.1) is 37.4 Å². The Labute approximate surface area is 165 Å². The molecule has 0 saturated carbocycles. The Hall–Kier alpha value is -3.00. The van der Waals surface area contributed by atoms with Crippen LogP contribution in [-0.2, 0) is 9.53 Å². The van der Waals surface area contributed by atoms with Crippen LogP contribution < -0.4 is 15.0 Å². The van der Waals surface area contributed by atoms with Crippen LogP contribution in [0.1, 0.15) is 6.42 Å². The number of fused-ring (bicyclic) bond motifs is 1. The normalized spacial score (nSPS) is 16.2. The molecule has 0 N–H and O–H groups in total. The van der Waals surface area contributed by atoms with E-state index in [9.17, 15) is 9.59 Å². The van der Waals surface area contributed by atoms with Crippen LogP contribution in [0, 0.1) is 0 Å². The molecule has 0 bridgehead atoms. The van der Waals surface area contributed by atoms with Crippen molar-refractivity contribution in [3.63, 3.8) is 0 Å². The molecule has 1 aromatic heterocycles. The summed E-state index contributed by atoms with van der Waals surface area (Å²) in [5, 5.41) is 0.537. The van der Waals surface area contributed by atoms with Gasteiger partial charge in [-0.1, -0.05) is 23.9 Å². The van der Waals surface area contributed by atoms with Gasteiger partial charge >= 0.3 is 5.97 Å². The maximum absolute atomic E-state index is 13.3. The molecular weight excluding hydrogens is 380 g/mol. The van der Waals surface area contributed by atoms with Gasteiger partial charge in [0.1, 0.15) is 5.25 Å². The molecule has 7 nitrogen and oxygen atoms in total. The molecule has 3 aromatic rings. The van der Waals surface area contributed by atoms with Crippen LogP contribution in [0.25, 0.3) is 16.6 Å². The first kappa shape index (κ1) is 18.4. The number of para-hydroxylation sites is 1. The zero-order chi connectivity index (χ0) is 19.7. The van der Waals surface area contributed by atoms with Gasteiger partial charge in [-0.2, -0.15) is 0 Å². The summed E-state index contributed by atoms with van der Waals surface area (Å²) in [6.45, 7) is 0.380. The first-order valence-corrected chi connectivity index (χ1v) is 9.58. The van der Waals surface area contributed by atoms with Crippen LogP contribution in [-0.4, -0.2) is 41.6 Å². The molecule has 2 heterocycles. The average Bonchev–Trinajstić information content (AvgIpc) is 3.12. The number of ether oxygens (including phenoxy) is 3. The van der Waals surface area contributed by atoms with Crippen LogP contribution in [0.2, 0.25) is 0 Å². The van der Waals surface area contributed by atoms with Crippen LogP contribution in [0.3, 0.4) is 0 Å². The van der Waals surface area contributed by atoms with Crippen molar-refractivity contribution in [3.8, 4) is 17.2 Å². The lowest BCUT2D eigenvalue weighted by molar-refractivity contribution is -0.137. The number of cyclic esters (lactones) is 1. The number of benzene rings is 2. The highest BCUT2D eigenvalue weighted by Gasteiger charge is 2.30. The number of methoxy groups -OCH3 is 2. The maximum atomic E-state index is 13.3. The first-order chi connectivity index (χ1) is 13.6. The van der Waals surface area contributed by atoms with Gasteiger partial charge in [-0.3, -0.25) is 14.2 Å². The number of thioether (sulfide) groups is 1. The highest BCUT2D eigenvalue weighted by Crippen LogP contribution is 2.33. The second-order valence-electron chi connectivity index (χ2n) is 6.15. The zero-order valence-electron chi connectivity index (χ0n) is 15.4. The SMILES string of the molecule is COc1ccc(-n2c(S[C@@H]3CCOC3=O)nc3ccccc3c2=O)cc1OC. The molecule has 1 aliphatic rings. The molecule has 2 aromatic carbocycles. The summed E-state index contributed by atoms with van der Waals surface area (Å²) in [5.74, 6) is 0.768. The molecule has 1 saturated heterocycles. The van der Waals surface area contributed by atoms with Gasteiger partial charge in [0.25, 0.3) is 5.56 Å². The van der Waals surface area contributed by atoms with Gasteiger partial charge in [0.2, 0.25) is 0 Å². The van der Waals surface area contributed by atoms with E-state index in [1.54, 1.807) is 43.5 Å². The quantitative estimate of drug-likeness (QED) is 0.483. The Balaban J connectivity index is 1.92. The standard InChI is InChI=1S/C20H18N2O5S/c1-25-15-8-7-12(11-16(15)26-2)22-18(23)13-5-3-4-6-14(13)21-20(22)28-17-9-10-27-19(17)24/h3-8,11,17H,9-10H2,1-2H3/t17-/m1/s1. The fourth-order valence-corrected chi connectivity index (χ4v) is 4.17. The van der Waals surface area contributed by atoms with Gasteiger partial charge < -0.3 is 14.2 Å². The third-order valence-corrected chi connectivity index (χ3v) is 5.70. The van der Waals surface area contributed by atoms with Crippen LogP contribution in [0.15, 0.2) is 52.4 Å². The third kappa shape index (κ3) is 3.20. The highest BCUT2D eigenvalue weighted by molar-refractivity contribution is 8.00. The van der Waals surface area contributed by atoms with Crippen molar-refractivity contribution >= 4 is 28.6 Å². The molecule has 28 heavy (non-hydrogen) atoms. The van der Waals surface area contributed by atoms with Gasteiger partial charge in [-0.25, -0.2) is 4.98 Å². The van der Waals surface area contributed by atoms with Gasteiger partial charge in [-0.15, -0.1) is 0 Å². The van der Waals surface area contributed by atoms with E-state index >= 15 is 0 Å². The second-order valence-corrected chi connectivity index (χ2v) is 7.32. The minimum atomic E-state index is -0.389. The minimum absolute atomic E-state index is 0.216. The highest BCUT2D eigenvalue weighted by atomic mass is 32.2. The summed E-state index contributed by atoms with van der Waals surface area (Å²) in [4.78, 5) is 29.9. The van der Waals surface area contributed by atoms with E-state index in [-0.39, 0.29) is 16.8 Å². The lowest BCUT2D eigenvalue weighted by Crippen LogP contribution is -2.23. The maximum Gasteiger partial charge on any atom is 0.319 e. The van der Waals surface area contributed by atoms with E-state index in [1.807, 2.05) is 6.07 Å². The molecule has 1 aliphatic heterocycles. The van der Waals surface area contributed by atoms with E-state index in [4.69, 9.17) is 14.2 Å². The number of esters is 1. The largest absolute Gasteiger partial charge is 0.493 e. The van der Waals surface area contributed by atoms with E-state index < -0.39 is 0 Å². The van der Waals surface area contributed by atoms with Gasteiger partial charge in [0.15, 0.2) is 16.7 Å². The fourth-order valence-electron chi connectivity index (χ4n) is 3.09. The number of rotatable bonds is 5. The minimum Gasteiger partial charge on any atom is -0.493 e. The van der Waals surface area contributed by atoms with Crippen molar-refractivity contribution in [2.45, 2.75) is 16.8 Å². The Morgan fingerprint density at radius 2 is 1.89 bits per heavy atom. The molecule has 144 valence electrons. The van der Waals surface area contributed by atoms with Crippen LogP contribution in [0.4, 0.5) is 0 Å². The molecule has 0 amide bonds. The van der Waals surface area contributed by atoms with Crippen molar-refractivity contribution in [3.05, 3.63) is 52.8 Å². The van der Waals surface area contributed by atoms with E-state index in [0.717, 1.165) is 0 Å². The summed E-state index contributed by atoms with van der Waals surface area (Å²) in [6.07, 6.45) is 0.581. The third-order valence-electron chi connectivity index (χ3n) is 4.51. The molecule has 8 heteroatoms. The summed E-state index contributed by atoms with van der Waals surface area (Å²) in [7, 11) is 3.08. The Morgan fingerprint density at radius 1 is 1.11 bits per heavy atom. The Morgan fingerprint density at radius 3 is 2.61 bits per heavy atom. The summed E-state index contributed by atoms with van der Waals surface area (Å²) in [6, 6.07) is 12.4. The van der Waals surface area contributed by atoms with Crippen LogP contribution in [0.5, 0.6) is 11.5 Å². The van der Waals surface area contributed by atoms with Crippen molar-refractivity contribution < 1.29 is 19.0 Å². The number of hydrogen-bond acceptors (Lipinski definition) is 7. The van der Waals surface area contributed by atoms with Gasteiger partial charge in [0, 0.05) is 12.5 Å². The Bertz CT molecular complexity index is 1110. The molecular formula is C20H18N2O5S. The molecule has 4 rings (SSSR count). The van der Waals surface area contributed by atoms with E-state index in [1.165, 1.54) is 23.4 Å². The number of nitrogens with zero attached hydrogens (tertiary/aromatic N) is 2. The van der Waals surface area contributed by atoms with Crippen LogP contribution >= 0.6 is 11.8 Å². The summed E-state index contributed by atoms with van der Waals surface area (Å²) >= 11 is 1.24. The van der Waals surface area contributed by atoms with Crippen molar-refractivity contribution in [1.82, 2.24) is 9.55 Å².